The highest BCUT2D eigenvalue weighted by molar-refractivity contribution is 7.45. The van der Waals surface area contributed by atoms with Gasteiger partial charge in [0.2, 0.25) is 0 Å². The highest BCUT2D eigenvalue weighted by Gasteiger charge is 2.20. The van der Waals surface area contributed by atoms with Crippen molar-refractivity contribution in [3.05, 3.63) is 72.9 Å². The van der Waals surface area contributed by atoms with Crippen molar-refractivity contribution in [3.63, 3.8) is 0 Å². The van der Waals surface area contributed by atoms with Crippen LogP contribution in [0, 0.1) is 0 Å². The number of nitrogens with zero attached hydrogens (tertiary/aromatic N) is 1. The lowest BCUT2D eigenvalue weighted by molar-refractivity contribution is -0.870. The average Bonchev–Trinajstić information content (AvgIpc) is 3.20. The van der Waals surface area contributed by atoms with Gasteiger partial charge in [-0.25, -0.2) is 0 Å². The van der Waals surface area contributed by atoms with E-state index in [4.69, 9.17) is 18.5 Å². The summed E-state index contributed by atoms with van der Waals surface area (Å²) in [5, 5.41) is 0. The quantitative estimate of drug-likeness (QED) is 0.0198. The van der Waals surface area contributed by atoms with Crippen molar-refractivity contribution < 1.29 is 37.3 Å². The van der Waals surface area contributed by atoms with Crippen LogP contribution in [-0.2, 0) is 27.9 Å². The lowest BCUT2D eigenvalue weighted by Gasteiger charge is -2.28. The normalized spacial score (nSPS) is 14.3. The number of allylic oxidation sites excluding steroid dienone is 12. The number of rotatable bonds is 44. The van der Waals surface area contributed by atoms with Crippen LogP contribution in [0.5, 0.6) is 0 Å². The monoisotopic (exact) mass is 862 g/mol. The molecule has 348 valence electrons. The van der Waals surface area contributed by atoms with Crippen LogP contribution in [-0.4, -0.2) is 70.7 Å². The molecule has 0 saturated carbocycles. The zero-order valence-corrected chi connectivity index (χ0v) is 40.3. The minimum absolute atomic E-state index is 0.0155. The van der Waals surface area contributed by atoms with E-state index in [1.807, 2.05) is 21.1 Å². The minimum Gasteiger partial charge on any atom is -0.756 e. The van der Waals surface area contributed by atoms with Crippen molar-refractivity contribution in [1.29, 1.82) is 0 Å². The van der Waals surface area contributed by atoms with E-state index in [-0.39, 0.29) is 32.2 Å². The molecule has 2 unspecified atom stereocenters. The second kappa shape index (κ2) is 43.6. The fourth-order valence-electron chi connectivity index (χ4n) is 6.27. The number of ether oxygens (including phenoxy) is 2. The molecule has 0 N–H and O–H groups in total. The molecule has 0 aliphatic carbocycles. The highest BCUT2D eigenvalue weighted by Crippen LogP contribution is 2.38. The second-order valence-corrected chi connectivity index (χ2v) is 18.5. The fourth-order valence-corrected chi connectivity index (χ4v) is 7.00. The van der Waals surface area contributed by atoms with Crippen LogP contribution in [0.3, 0.4) is 0 Å². The first-order chi connectivity index (χ1) is 29.1. The molecule has 0 amide bonds. The first kappa shape index (κ1) is 57.9. The van der Waals surface area contributed by atoms with Gasteiger partial charge >= 0.3 is 5.97 Å². The fraction of sp³-hybridized carbons (Fsp3) is 0.745. The largest absolute Gasteiger partial charge is 0.756 e. The zero-order chi connectivity index (χ0) is 44.1. The molecule has 0 saturated heterocycles. The number of carbonyl (C=O) groups is 1. The topological polar surface area (TPSA) is 94.1 Å². The zero-order valence-electron chi connectivity index (χ0n) is 39.4. The van der Waals surface area contributed by atoms with Gasteiger partial charge in [-0.2, -0.15) is 0 Å². The molecule has 9 heteroatoms. The molecule has 2 atom stereocenters. The van der Waals surface area contributed by atoms with Gasteiger partial charge in [-0.1, -0.05) is 170 Å². The van der Waals surface area contributed by atoms with E-state index in [0.29, 0.717) is 24.1 Å². The van der Waals surface area contributed by atoms with E-state index in [0.717, 1.165) is 64.2 Å². The number of esters is 1. The van der Waals surface area contributed by atoms with Gasteiger partial charge in [0, 0.05) is 13.0 Å². The molecule has 0 aliphatic rings. The Morgan fingerprint density at radius 3 is 1.47 bits per heavy atom. The Balaban J connectivity index is 4.27. The molecule has 0 aliphatic heterocycles. The molecule has 60 heavy (non-hydrogen) atoms. The van der Waals surface area contributed by atoms with E-state index in [1.165, 1.54) is 96.3 Å². The van der Waals surface area contributed by atoms with Gasteiger partial charge in [0.25, 0.3) is 7.82 Å². The van der Waals surface area contributed by atoms with Crippen LogP contribution in [0.4, 0.5) is 0 Å². The number of likely N-dealkylation sites (N-methyl/N-ethyl adjacent to an activating group) is 1. The molecular formula is C51H92NO7P. The SMILES string of the molecule is CC/C=C\C/C=C\C/C=C\C/C=C\C/C=C\CCCCCC(=O)OC(COCCCCCCCCCC/C=C\CCCCCCCCC)COP(=O)([O-])OCC[N+](C)(C)C. The number of carbonyl (C=O) groups excluding carboxylic acids is 1. The molecule has 0 heterocycles. The summed E-state index contributed by atoms with van der Waals surface area (Å²) in [4.78, 5) is 25.1. The molecule has 0 aromatic carbocycles. The van der Waals surface area contributed by atoms with Crippen LogP contribution in [0.15, 0.2) is 72.9 Å². The van der Waals surface area contributed by atoms with Gasteiger partial charge in [0.1, 0.15) is 19.3 Å². The summed E-state index contributed by atoms with van der Waals surface area (Å²) in [6, 6.07) is 0. The van der Waals surface area contributed by atoms with Crippen molar-refractivity contribution in [2.24, 2.45) is 0 Å². The summed E-state index contributed by atoms with van der Waals surface area (Å²) in [5.74, 6) is -0.367. The molecule has 0 fully saturated rings. The van der Waals surface area contributed by atoms with Crippen LogP contribution in [0.2, 0.25) is 0 Å². The molecular weight excluding hydrogens is 770 g/mol. The lowest BCUT2D eigenvalue weighted by Crippen LogP contribution is -2.37. The summed E-state index contributed by atoms with van der Waals surface area (Å²) in [6.45, 7) is 5.24. The molecule has 0 bridgehead atoms. The molecule has 0 spiro atoms. The van der Waals surface area contributed by atoms with Crippen LogP contribution in [0.1, 0.15) is 187 Å². The third-order valence-electron chi connectivity index (χ3n) is 9.99. The van der Waals surface area contributed by atoms with Crippen molar-refractivity contribution in [2.75, 3.05) is 54.1 Å². The predicted molar refractivity (Wildman–Crippen MR) is 254 cm³/mol. The number of quaternary nitrogens is 1. The Labute approximate surface area is 370 Å². The van der Waals surface area contributed by atoms with Crippen molar-refractivity contribution >= 4 is 13.8 Å². The third-order valence-corrected chi connectivity index (χ3v) is 11.0. The first-order valence-electron chi connectivity index (χ1n) is 24.2. The number of hydrogen-bond acceptors (Lipinski definition) is 7. The van der Waals surface area contributed by atoms with E-state index in [9.17, 15) is 14.3 Å². The van der Waals surface area contributed by atoms with E-state index >= 15 is 0 Å². The van der Waals surface area contributed by atoms with E-state index in [2.05, 4.69) is 86.8 Å². The molecule has 8 nitrogen and oxygen atoms in total. The summed E-state index contributed by atoms with van der Waals surface area (Å²) >= 11 is 0. The van der Waals surface area contributed by atoms with Gasteiger partial charge in [0.15, 0.2) is 0 Å². The van der Waals surface area contributed by atoms with Crippen molar-refractivity contribution in [1.82, 2.24) is 0 Å². The Bertz CT molecular complexity index is 1190. The third kappa shape index (κ3) is 47.0. The summed E-state index contributed by atoms with van der Waals surface area (Å²) < 4.78 is 34.6. The van der Waals surface area contributed by atoms with Gasteiger partial charge in [-0.3, -0.25) is 9.36 Å². The Morgan fingerprint density at radius 2 is 0.967 bits per heavy atom. The van der Waals surface area contributed by atoms with Crippen LogP contribution >= 0.6 is 7.82 Å². The maximum Gasteiger partial charge on any atom is 0.306 e. The number of unbranched alkanes of at least 4 members (excludes halogenated alkanes) is 18. The Hall–Kier alpha value is -2.06. The minimum atomic E-state index is -4.54. The highest BCUT2D eigenvalue weighted by atomic mass is 31.2. The van der Waals surface area contributed by atoms with Crippen LogP contribution in [0.25, 0.3) is 0 Å². The van der Waals surface area contributed by atoms with Gasteiger partial charge in [-0.15, -0.1) is 0 Å². The first-order valence-corrected chi connectivity index (χ1v) is 25.6. The predicted octanol–water partition coefficient (Wildman–Crippen LogP) is 14.0. The standard InChI is InChI=1S/C51H92NO7P/c1-6-8-10-12-14-16-18-20-22-24-26-28-30-32-34-36-38-40-42-44-51(53)59-50(49-58-60(54,55)57-47-45-52(3,4)5)48-56-46-43-41-39-37-35-33-31-29-27-25-23-21-19-17-15-13-11-9-7-2/h8,10,14,16,20,22-23,25-26,28,32,34,50H,6-7,9,11-13,15,17-19,21,24,27,29-31,33,35-49H2,1-5H3/b10-8-,16-14-,22-20-,25-23-,28-26-,34-32-. The molecule has 0 rings (SSSR count). The molecule has 0 aromatic rings. The van der Waals surface area contributed by atoms with E-state index in [1.54, 1.807) is 0 Å². The Morgan fingerprint density at radius 1 is 0.533 bits per heavy atom. The maximum absolute atomic E-state index is 12.7. The smallest absolute Gasteiger partial charge is 0.306 e. The summed E-state index contributed by atoms with van der Waals surface area (Å²) in [5.41, 5.74) is 0. The summed E-state index contributed by atoms with van der Waals surface area (Å²) in [6.07, 6.45) is 56.3. The average molecular weight is 862 g/mol. The second-order valence-electron chi connectivity index (χ2n) is 17.1. The number of phosphoric acid groups is 1. The van der Waals surface area contributed by atoms with E-state index < -0.39 is 13.9 Å². The van der Waals surface area contributed by atoms with Crippen molar-refractivity contribution in [2.45, 2.75) is 193 Å². The van der Waals surface area contributed by atoms with Crippen molar-refractivity contribution in [3.8, 4) is 0 Å². The van der Waals surface area contributed by atoms with Gasteiger partial charge in [-0.05, 0) is 83.5 Å². The number of hydrogen-bond donors (Lipinski definition) is 0. The summed E-state index contributed by atoms with van der Waals surface area (Å²) in [7, 11) is 1.32. The maximum atomic E-state index is 12.7. The molecule has 0 radical (unpaired) electrons. The Kier molecular flexibility index (Phi) is 42.1. The number of phosphoric ester groups is 1. The van der Waals surface area contributed by atoms with Gasteiger partial charge in [0.05, 0.1) is 34.4 Å². The van der Waals surface area contributed by atoms with Crippen LogP contribution < -0.4 is 4.89 Å². The molecule has 0 aromatic heterocycles. The van der Waals surface area contributed by atoms with Gasteiger partial charge < -0.3 is 27.9 Å². The lowest BCUT2D eigenvalue weighted by atomic mass is 10.1.